The molecule has 0 spiro atoms. The maximum Gasteiger partial charge on any atom is 0.208 e. The Morgan fingerprint density at radius 2 is 2.10 bits per heavy atom. The lowest BCUT2D eigenvalue weighted by Gasteiger charge is -2.28. The van der Waals surface area contributed by atoms with E-state index in [0.29, 0.717) is 25.1 Å². The number of hydrogen-bond acceptors (Lipinski definition) is 6. The Morgan fingerprint density at radius 3 is 2.81 bits per heavy atom. The molecule has 7 heteroatoms. The molecule has 1 aromatic rings. The zero-order valence-corrected chi connectivity index (χ0v) is 11.9. The number of hydrogen-bond donors (Lipinski definition) is 3. The summed E-state index contributed by atoms with van der Waals surface area (Å²) < 4.78 is 0. The van der Waals surface area contributed by atoms with Gasteiger partial charge in [-0.2, -0.15) is 0 Å². The standard InChI is InChI=1S/C14H21N5O2/c15-10-3-4-12(17-13(10)18-6-1-2-7-18)19-8-5-11(21)14(19)16-9-20/h3-4,9,11,14,21H,1-2,5-8,15H2,(H,16,20). The van der Waals surface area contributed by atoms with Gasteiger partial charge in [-0.1, -0.05) is 0 Å². The Bertz CT molecular complexity index is 518. The number of nitrogen functional groups attached to an aromatic ring is 1. The topological polar surface area (TPSA) is 94.7 Å². The lowest BCUT2D eigenvalue weighted by molar-refractivity contribution is -0.110. The fourth-order valence-electron chi connectivity index (χ4n) is 3.10. The molecular weight excluding hydrogens is 270 g/mol. The number of anilines is 3. The first-order valence-electron chi connectivity index (χ1n) is 7.36. The van der Waals surface area contributed by atoms with Crippen molar-refractivity contribution in [2.45, 2.75) is 31.5 Å². The maximum atomic E-state index is 10.7. The summed E-state index contributed by atoms with van der Waals surface area (Å²) in [5.41, 5.74) is 6.71. The van der Waals surface area contributed by atoms with Gasteiger partial charge in [0.2, 0.25) is 6.41 Å². The van der Waals surface area contributed by atoms with E-state index >= 15 is 0 Å². The number of pyridine rings is 1. The van der Waals surface area contributed by atoms with E-state index in [1.54, 1.807) is 0 Å². The second kappa shape index (κ2) is 5.77. The van der Waals surface area contributed by atoms with Crippen LogP contribution in [0.4, 0.5) is 17.3 Å². The Kier molecular flexibility index (Phi) is 3.83. The number of carbonyl (C=O) groups is 1. The van der Waals surface area contributed by atoms with Gasteiger partial charge in [-0.3, -0.25) is 4.79 Å². The van der Waals surface area contributed by atoms with Crippen molar-refractivity contribution in [3.8, 4) is 0 Å². The van der Waals surface area contributed by atoms with Crippen molar-refractivity contribution in [2.75, 3.05) is 35.2 Å². The summed E-state index contributed by atoms with van der Waals surface area (Å²) in [6.07, 6.45) is 2.53. The summed E-state index contributed by atoms with van der Waals surface area (Å²) in [5.74, 6) is 1.54. The van der Waals surface area contributed by atoms with Gasteiger partial charge in [0.1, 0.15) is 12.0 Å². The highest BCUT2D eigenvalue weighted by Crippen LogP contribution is 2.30. The zero-order chi connectivity index (χ0) is 14.8. The van der Waals surface area contributed by atoms with Crippen molar-refractivity contribution in [3.63, 3.8) is 0 Å². The molecule has 1 aromatic heterocycles. The molecule has 2 unspecified atom stereocenters. The van der Waals surface area contributed by atoms with Crippen LogP contribution in [0.25, 0.3) is 0 Å². The van der Waals surface area contributed by atoms with Crippen molar-refractivity contribution in [1.29, 1.82) is 0 Å². The number of amides is 1. The molecule has 0 aromatic carbocycles. The van der Waals surface area contributed by atoms with Gasteiger partial charge in [-0.15, -0.1) is 0 Å². The molecule has 7 nitrogen and oxygen atoms in total. The molecule has 2 aliphatic heterocycles. The molecular formula is C14H21N5O2. The minimum absolute atomic E-state index is 0.426. The number of nitrogens with two attached hydrogens (primary N) is 1. The van der Waals surface area contributed by atoms with Crippen LogP contribution in [0.2, 0.25) is 0 Å². The molecule has 21 heavy (non-hydrogen) atoms. The summed E-state index contributed by atoms with van der Waals surface area (Å²) in [4.78, 5) is 19.5. The zero-order valence-electron chi connectivity index (χ0n) is 11.9. The lowest BCUT2D eigenvalue weighted by atomic mass is 10.3. The quantitative estimate of drug-likeness (QED) is 0.671. The Hall–Kier alpha value is -2.02. The van der Waals surface area contributed by atoms with Gasteiger partial charge in [-0.25, -0.2) is 4.98 Å². The number of rotatable bonds is 4. The van der Waals surface area contributed by atoms with Gasteiger partial charge in [0, 0.05) is 19.6 Å². The monoisotopic (exact) mass is 291 g/mol. The largest absolute Gasteiger partial charge is 0.396 e. The van der Waals surface area contributed by atoms with Crippen LogP contribution < -0.4 is 20.9 Å². The molecule has 4 N–H and O–H groups in total. The average molecular weight is 291 g/mol. The van der Waals surface area contributed by atoms with Gasteiger partial charge >= 0.3 is 0 Å². The van der Waals surface area contributed by atoms with Gasteiger partial charge in [-0.05, 0) is 31.4 Å². The molecule has 0 aliphatic carbocycles. The third kappa shape index (κ3) is 2.61. The molecule has 0 radical (unpaired) electrons. The van der Waals surface area contributed by atoms with Crippen molar-refractivity contribution in [1.82, 2.24) is 10.3 Å². The molecule has 1 amide bonds. The fraction of sp³-hybridized carbons (Fsp3) is 0.571. The van der Waals surface area contributed by atoms with E-state index < -0.39 is 12.3 Å². The van der Waals surface area contributed by atoms with Crippen molar-refractivity contribution in [3.05, 3.63) is 12.1 Å². The van der Waals surface area contributed by atoms with E-state index in [2.05, 4.69) is 15.2 Å². The number of carbonyl (C=O) groups excluding carboxylic acids is 1. The summed E-state index contributed by atoms with van der Waals surface area (Å²) in [6, 6.07) is 3.69. The predicted molar refractivity (Wildman–Crippen MR) is 81.1 cm³/mol. The smallest absolute Gasteiger partial charge is 0.208 e. The second-order valence-corrected chi connectivity index (χ2v) is 5.56. The number of aliphatic hydroxyl groups is 1. The van der Waals surface area contributed by atoms with Crippen molar-refractivity contribution in [2.24, 2.45) is 0 Å². The summed E-state index contributed by atoms with van der Waals surface area (Å²) in [5, 5.41) is 12.6. The van der Waals surface area contributed by atoms with Gasteiger partial charge < -0.3 is 26.0 Å². The van der Waals surface area contributed by atoms with Crippen LogP contribution in [0.1, 0.15) is 19.3 Å². The normalized spacial score (nSPS) is 25.4. The predicted octanol–water partition coefficient (Wildman–Crippen LogP) is -0.0929. The lowest BCUT2D eigenvalue weighted by Crippen LogP contribution is -2.46. The van der Waals surface area contributed by atoms with Crippen LogP contribution in [-0.4, -0.2) is 48.4 Å². The van der Waals surface area contributed by atoms with E-state index in [1.807, 2.05) is 17.0 Å². The van der Waals surface area contributed by atoms with Crippen LogP contribution in [0.15, 0.2) is 12.1 Å². The first-order chi connectivity index (χ1) is 10.2. The minimum atomic E-state index is -0.579. The van der Waals surface area contributed by atoms with Crippen LogP contribution in [0.5, 0.6) is 0 Å². The second-order valence-electron chi connectivity index (χ2n) is 5.56. The number of aromatic nitrogens is 1. The average Bonchev–Trinajstić information content (AvgIpc) is 3.12. The van der Waals surface area contributed by atoms with Crippen LogP contribution in [-0.2, 0) is 4.79 Å². The summed E-state index contributed by atoms with van der Waals surface area (Å²) in [7, 11) is 0. The number of nitrogens with one attached hydrogen (secondary N) is 1. The SMILES string of the molecule is Nc1ccc(N2CCC(O)C2NC=O)nc1N1CCCC1. The highest BCUT2D eigenvalue weighted by atomic mass is 16.3. The molecule has 0 bridgehead atoms. The molecule has 0 saturated carbocycles. The van der Waals surface area contributed by atoms with Gasteiger partial charge in [0.15, 0.2) is 5.82 Å². The van der Waals surface area contributed by atoms with Crippen LogP contribution in [0.3, 0.4) is 0 Å². The highest BCUT2D eigenvalue weighted by molar-refractivity contribution is 5.67. The van der Waals surface area contributed by atoms with Crippen molar-refractivity contribution >= 4 is 23.7 Å². The Balaban J connectivity index is 1.88. The molecule has 2 saturated heterocycles. The molecule has 2 fully saturated rings. The summed E-state index contributed by atoms with van der Waals surface area (Å²) >= 11 is 0. The fourth-order valence-corrected chi connectivity index (χ4v) is 3.10. The Labute approximate surface area is 123 Å². The molecule has 2 aliphatic rings. The molecule has 3 rings (SSSR count). The molecule has 114 valence electrons. The van der Waals surface area contributed by atoms with E-state index in [9.17, 15) is 9.90 Å². The highest BCUT2D eigenvalue weighted by Gasteiger charge is 2.33. The first kappa shape index (κ1) is 13.9. The number of nitrogens with zero attached hydrogens (tertiary/aromatic N) is 3. The van der Waals surface area contributed by atoms with E-state index in [1.165, 1.54) is 0 Å². The van der Waals surface area contributed by atoms with E-state index in [0.717, 1.165) is 37.6 Å². The van der Waals surface area contributed by atoms with E-state index in [-0.39, 0.29) is 0 Å². The maximum absolute atomic E-state index is 10.7. The molecule has 3 heterocycles. The molecule has 2 atom stereocenters. The number of aliphatic hydroxyl groups excluding tert-OH is 1. The minimum Gasteiger partial charge on any atom is -0.396 e. The van der Waals surface area contributed by atoms with Crippen molar-refractivity contribution < 1.29 is 9.90 Å². The van der Waals surface area contributed by atoms with E-state index in [4.69, 9.17) is 5.73 Å². The third-order valence-electron chi connectivity index (χ3n) is 4.20. The van der Waals surface area contributed by atoms with Gasteiger partial charge in [0.05, 0.1) is 11.8 Å². The van der Waals surface area contributed by atoms with Gasteiger partial charge in [0.25, 0.3) is 0 Å². The Morgan fingerprint density at radius 1 is 1.33 bits per heavy atom. The third-order valence-corrected chi connectivity index (χ3v) is 4.20. The van der Waals surface area contributed by atoms with Crippen LogP contribution >= 0.6 is 0 Å². The summed E-state index contributed by atoms with van der Waals surface area (Å²) in [6.45, 7) is 2.60. The van der Waals surface area contributed by atoms with Crippen LogP contribution in [0, 0.1) is 0 Å². The first-order valence-corrected chi connectivity index (χ1v) is 7.36.